The van der Waals surface area contributed by atoms with Crippen LogP contribution in [0.3, 0.4) is 0 Å². The molecule has 0 saturated carbocycles. The molecule has 0 aliphatic heterocycles. The van der Waals surface area contributed by atoms with Gasteiger partial charge in [-0.15, -0.1) is 0 Å². The van der Waals surface area contributed by atoms with Crippen molar-refractivity contribution in [3.8, 4) is 45.6 Å². The Bertz CT molecular complexity index is 2040. The van der Waals surface area contributed by atoms with Gasteiger partial charge in [-0.2, -0.15) is 0 Å². The number of aryl methyl sites for hydroxylation is 4. The predicted octanol–water partition coefficient (Wildman–Crippen LogP) is 10.2. The second kappa shape index (κ2) is 9.08. The highest BCUT2D eigenvalue weighted by atomic mass is 16.4. The largest absolute Gasteiger partial charge is 0.446 e. The van der Waals surface area contributed by atoms with E-state index in [1.54, 1.807) is 0 Å². The summed E-state index contributed by atoms with van der Waals surface area (Å²) in [5, 5.41) is 0. The zero-order valence-electron chi connectivity index (χ0n) is 23.6. The third-order valence-corrected chi connectivity index (χ3v) is 8.04. The summed E-state index contributed by atoms with van der Waals surface area (Å²) in [6.45, 7) is 8.27. The second-order valence-electron chi connectivity index (χ2n) is 10.8. The Morgan fingerprint density at radius 2 is 0.833 bits per heavy atom. The lowest BCUT2D eigenvalue weighted by Gasteiger charge is -2.02. The molecule has 42 heavy (non-hydrogen) atoms. The minimum absolute atomic E-state index is 0.397. The number of benzene rings is 4. The van der Waals surface area contributed by atoms with Crippen molar-refractivity contribution in [2.24, 2.45) is 0 Å². The van der Waals surface area contributed by atoms with Gasteiger partial charge < -0.3 is 17.7 Å². The van der Waals surface area contributed by atoms with Crippen molar-refractivity contribution in [2.75, 3.05) is 0 Å². The molecule has 0 amide bonds. The Kier molecular flexibility index (Phi) is 5.28. The lowest BCUT2D eigenvalue weighted by atomic mass is 10.0. The maximum atomic E-state index is 6.71. The van der Waals surface area contributed by atoms with Crippen LogP contribution >= 0.6 is 0 Å². The molecular formula is C36H26N2O4. The fourth-order valence-corrected chi connectivity index (χ4v) is 5.52. The number of nitrogens with zero attached hydrogens (tertiary/aromatic N) is 2. The topological polar surface area (TPSA) is 78.3 Å². The van der Waals surface area contributed by atoms with Crippen LogP contribution < -0.4 is 0 Å². The zero-order valence-corrected chi connectivity index (χ0v) is 23.6. The molecule has 204 valence electrons. The molecule has 4 heterocycles. The molecule has 0 bridgehead atoms. The first kappa shape index (κ1) is 24.4. The van der Waals surface area contributed by atoms with Gasteiger partial charge in [-0.1, -0.05) is 60.7 Å². The fraction of sp³-hybridized carbons (Fsp3) is 0.111. The van der Waals surface area contributed by atoms with Crippen molar-refractivity contribution < 1.29 is 17.7 Å². The molecule has 0 fully saturated rings. The molecule has 8 rings (SSSR count). The van der Waals surface area contributed by atoms with Crippen LogP contribution in [0.25, 0.3) is 78.9 Å². The first-order chi connectivity index (χ1) is 20.4. The van der Waals surface area contributed by atoms with Crippen molar-refractivity contribution in [3.63, 3.8) is 0 Å². The third kappa shape index (κ3) is 3.72. The van der Waals surface area contributed by atoms with Crippen LogP contribution in [0.2, 0.25) is 0 Å². The maximum absolute atomic E-state index is 6.71. The average molecular weight is 551 g/mol. The highest BCUT2D eigenvalue weighted by Crippen LogP contribution is 2.49. The third-order valence-electron chi connectivity index (χ3n) is 8.04. The Hall–Kier alpha value is -5.36. The average Bonchev–Trinajstić information content (AvgIpc) is 3.75. The van der Waals surface area contributed by atoms with E-state index in [-0.39, 0.29) is 0 Å². The standard InChI is InChI=1S/C36H26N2O4/c1-19-15-25-27(17-21(19)3)39-35(37-25)33-29(23-11-7-5-8-12-23)31-32(41-33)30(24-13-9-6-10-14-24)34(42-31)36-38-26-16-20(2)22(4)18-28(26)40-36/h5-18H,1-4H3. The summed E-state index contributed by atoms with van der Waals surface area (Å²) in [6, 6.07) is 28.1. The van der Waals surface area contributed by atoms with Crippen LogP contribution in [0.15, 0.2) is 103 Å². The molecule has 4 aromatic carbocycles. The highest BCUT2D eigenvalue weighted by Gasteiger charge is 2.31. The van der Waals surface area contributed by atoms with Gasteiger partial charge in [0.15, 0.2) is 22.3 Å². The lowest BCUT2D eigenvalue weighted by Crippen LogP contribution is -1.83. The van der Waals surface area contributed by atoms with E-state index in [1.165, 1.54) is 0 Å². The number of hydrogen-bond donors (Lipinski definition) is 0. The molecule has 0 unspecified atom stereocenters. The molecule has 8 aromatic rings. The van der Waals surface area contributed by atoms with Crippen molar-refractivity contribution in [1.82, 2.24) is 9.97 Å². The Morgan fingerprint density at radius 1 is 0.452 bits per heavy atom. The molecule has 4 aromatic heterocycles. The molecule has 0 radical (unpaired) electrons. The summed E-state index contributed by atoms with van der Waals surface area (Å²) in [7, 11) is 0. The first-order valence-corrected chi connectivity index (χ1v) is 13.9. The fourth-order valence-electron chi connectivity index (χ4n) is 5.52. The summed E-state index contributed by atoms with van der Waals surface area (Å²) in [5.74, 6) is 1.81. The number of rotatable bonds is 4. The van der Waals surface area contributed by atoms with Gasteiger partial charge in [0.25, 0.3) is 11.8 Å². The zero-order chi connectivity index (χ0) is 28.5. The van der Waals surface area contributed by atoms with Gasteiger partial charge in [0.05, 0.1) is 11.1 Å². The van der Waals surface area contributed by atoms with Gasteiger partial charge >= 0.3 is 0 Å². The molecule has 6 heteroatoms. The van der Waals surface area contributed by atoms with E-state index >= 15 is 0 Å². The van der Waals surface area contributed by atoms with E-state index in [0.29, 0.717) is 45.6 Å². The molecule has 0 aliphatic rings. The van der Waals surface area contributed by atoms with E-state index in [0.717, 1.165) is 55.5 Å². The summed E-state index contributed by atoms with van der Waals surface area (Å²) in [6.07, 6.45) is 0. The van der Waals surface area contributed by atoms with Crippen molar-refractivity contribution in [3.05, 3.63) is 107 Å². The van der Waals surface area contributed by atoms with Gasteiger partial charge in [0, 0.05) is 0 Å². The molecule has 0 aliphatic carbocycles. The van der Waals surface area contributed by atoms with Crippen molar-refractivity contribution >= 4 is 33.4 Å². The molecular weight excluding hydrogens is 524 g/mol. The van der Waals surface area contributed by atoms with Gasteiger partial charge in [0.2, 0.25) is 11.5 Å². The predicted molar refractivity (Wildman–Crippen MR) is 164 cm³/mol. The van der Waals surface area contributed by atoms with E-state index in [9.17, 15) is 0 Å². The quantitative estimate of drug-likeness (QED) is 0.217. The van der Waals surface area contributed by atoms with Crippen LogP contribution in [0.4, 0.5) is 0 Å². The van der Waals surface area contributed by atoms with Crippen LogP contribution in [0.5, 0.6) is 0 Å². The normalized spacial score (nSPS) is 11.8. The highest BCUT2D eigenvalue weighted by molar-refractivity contribution is 6.07. The summed E-state index contributed by atoms with van der Waals surface area (Å²) in [4.78, 5) is 9.68. The Morgan fingerprint density at radius 3 is 1.24 bits per heavy atom. The van der Waals surface area contributed by atoms with Crippen LogP contribution in [0, 0.1) is 27.7 Å². The summed E-state index contributed by atoms with van der Waals surface area (Å²) >= 11 is 0. The second-order valence-corrected chi connectivity index (χ2v) is 10.8. The van der Waals surface area contributed by atoms with E-state index in [2.05, 4.69) is 27.7 Å². The maximum Gasteiger partial charge on any atom is 0.264 e. The smallest absolute Gasteiger partial charge is 0.264 e. The first-order valence-electron chi connectivity index (χ1n) is 13.9. The number of aromatic nitrogens is 2. The van der Waals surface area contributed by atoms with Crippen molar-refractivity contribution in [2.45, 2.75) is 27.7 Å². The van der Waals surface area contributed by atoms with Gasteiger partial charge in [-0.3, -0.25) is 0 Å². The van der Waals surface area contributed by atoms with E-state index in [1.807, 2.05) is 84.9 Å². The van der Waals surface area contributed by atoms with E-state index < -0.39 is 0 Å². The van der Waals surface area contributed by atoms with Crippen molar-refractivity contribution in [1.29, 1.82) is 0 Å². The molecule has 0 spiro atoms. The van der Waals surface area contributed by atoms with Gasteiger partial charge in [-0.25, -0.2) is 9.97 Å². The number of furan rings is 2. The number of oxazole rings is 2. The summed E-state index contributed by atoms with van der Waals surface area (Å²) < 4.78 is 26.0. The van der Waals surface area contributed by atoms with E-state index in [4.69, 9.17) is 27.6 Å². The van der Waals surface area contributed by atoms with Gasteiger partial charge in [-0.05, 0) is 85.3 Å². The molecule has 0 atom stereocenters. The molecule has 0 saturated heterocycles. The van der Waals surface area contributed by atoms with Crippen LogP contribution in [0.1, 0.15) is 22.3 Å². The van der Waals surface area contributed by atoms with Crippen LogP contribution in [-0.2, 0) is 0 Å². The minimum Gasteiger partial charge on any atom is -0.446 e. The Labute approximate surface area is 241 Å². The number of fused-ring (bicyclic) bond motifs is 3. The molecule has 6 nitrogen and oxygen atoms in total. The van der Waals surface area contributed by atoms with Crippen LogP contribution in [-0.4, -0.2) is 9.97 Å². The SMILES string of the molecule is Cc1cc2nc(-c3oc4c(-c5ccccc5)c(-c5nc6cc(C)c(C)cc6o5)oc4c3-c3ccccc3)oc2cc1C. The van der Waals surface area contributed by atoms with Gasteiger partial charge in [0.1, 0.15) is 11.0 Å². The number of hydrogen-bond acceptors (Lipinski definition) is 6. The minimum atomic E-state index is 0.397. The monoisotopic (exact) mass is 550 g/mol. The Balaban J connectivity index is 1.44. The summed E-state index contributed by atoms with van der Waals surface area (Å²) in [5.41, 5.74) is 12.1. The molecule has 0 N–H and O–H groups in total. The lowest BCUT2D eigenvalue weighted by molar-refractivity contribution is 0.559.